The topological polar surface area (TPSA) is 21.3 Å². The molecule has 0 atom stereocenters. The van der Waals surface area contributed by atoms with Crippen molar-refractivity contribution in [3.05, 3.63) is 63.6 Å². The van der Waals surface area contributed by atoms with Gasteiger partial charge in [0.25, 0.3) is 0 Å². The van der Waals surface area contributed by atoms with Crippen molar-refractivity contribution in [3.8, 4) is 5.75 Å². The molecule has 2 aromatic rings. The van der Waals surface area contributed by atoms with E-state index in [1.165, 1.54) is 37.7 Å². The smallest absolute Gasteiger partial charge is 0.119 e. The number of nitrogens with one attached hydrogen (secondary N) is 1. The van der Waals surface area contributed by atoms with Crippen molar-refractivity contribution < 1.29 is 4.74 Å². The van der Waals surface area contributed by atoms with Crippen molar-refractivity contribution in [1.82, 2.24) is 5.32 Å². The molecule has 2 rings (SSSR count). The summed E-state index contributed by atoms with van der Waals surface area (Å²) in [6, 6.07) is 13.6. The molecule has 0 aliphatic carbocycles. The van der Waals surface area contributed by atoms with Gasteiger partial charge in [0.2, 0.25) is 0 Å². The molecule has 0 spiro atoms. The first-order valence-electron chi connectivity index (χ1n) is 9.06. The SMILES string of the molecule is CCCCCCCNCc1ccc(OCc2c(Cl)cccc2Cl)cc1. The molecule has 0 saturated carbocycles. The lowest BCUT2D eigenvalue weighted by molar-refractivity contribution is 0.306. The highest BCUT2D eigenvalue weighted by Crippen LogP contribution is 2.25. The molecule has 25 heavy (non-hydrogen) atoms. The Labute approximate surface area is 161 Å². The first kappa shape index (κ1) is 20.1. The largest absolute Gasteiger partial charge is 0.489 e. The van der Waals surface area contributed by atoms with Gasteiger partial charge in [-0.25, -0.2) is 0 Å². The number of unbranched alkanes of at least 4 members (excludes halogenated alkanes) is 4. The van der Waals surface area contributed by atoms with Crippen molar-refractivity contribution in [2.24, 2.45) is 0 Å². The van der Waals surface area contributed by atoms with Gasteiger partial charge in [-0.2, -0.15) is 0 Å². The van der Waals surface area contributed by atoms with E-state index in [-0.39, 0.29) is 0 Å². The molecule has 1 N–H and O–H groups in total. The van der Waals surface area contributed by atoms with Gasteiger partial charge in [-0.1, -0.05) is 74.0 Å². The molecule has 0 radical (unpaired) electrons. The lowest BCUT2D eigenvalue weighted by atomic mass is 10.1. The fourth-order valence-corrected chi connectivity index (χ4v) is 3.12. The van der Waals surface area contributed by atoms with Crippen LogP contribution in [0.25, 0.3) is 0 Å². The predicted octanol–water partition coefficient (Wildman–Crippen LogP) is 6.63. The van der Waals surface area contributed by atoms with Crippen LogP contribution < -0.4 is 10.1 Å². The summed E-state index contributed by atoms with van der Waals surface area (Å²) in [5.41, 5.74) is 2.08. The van der Waals surface area contributed by atoms with E-state index in [0.29, 0.717) is 16.7 Å². The minimum Gasteiger partial charge on any atom is -0.489 e. The molecule has 0 amide bonds. The van der Waals surface area contributed by atoms with Gasteiger partial charge in [-0.15, -0.1) is 0 Å². The van der Waals surface area contributed by atoms with Crippen LogP contribution in [0.3, 0.4) is 0 Å². The second-order valence-electron chi connectivity index (χ2n) is 6.22. The molecule has 0 unspecified atom stereocenters. The molecule has 0 aromatic heterocycles. The van der Waals surface area contributed by atoms with Gasteiger partial charge < -0.3 is 10.1 Å². The maximum absolute atomic E-state index is 6.16. The molecule has 0 aliphatic rings. The highest BCUT2D eigenvalue weighted by Gasteiger charge is 2.06. The monoisotopic (exact) mass is 379 g/mol. The standard InChI is InChI=1S/C21H27Cl2NO/c1-2-3-4-5-6-14-24-15-17-10-12-18(13-11-17)25-16-19-20(22)8-7-9-21(19)23/h7-13,24H,2-6,14-16H2,1H3. The molecular weight excluding hydrogens is 353 g/mol. The second-order valence-corrected chi connectivity index (χ2v) is 7.04. The van der Waals surface area contributed by atoms with Crippen LogP contribution in [0.5, 0.6) is 5.75 Å². The summed E-state index contributed by atoms with van der Waals surface area (Å²) in [7, 11) is 0. The average molecular weight is 380 g/mol. The molecule has 0 aliphatic heterocycles. The highest BCUT2D eigenvalue weighted by atomic mass is 35.5. The maximum atomic E-state index is 6.16. The minimum absolute atomic E-state index is 0.369. The summed E-state index contributed by atoms with van der Waals surface area (Å²) >= 11 is 12.3. The fraction of sp³-hybridized carbons (Fsp3) is 0.429. The Morgan fingerprint density at radius 1 is 0.880 bits per heavy atom. The number of hydrogen-bond donors (Lipinski definition) is 1. The van der Waals surface area contributed by atoms with Crippen molar-refractivity contribution in [3.63, 3.8) is 0 Å². The third kappa shape index (κ3) is 7.27. The van der Waals surface area contributed by atoms with Crippen LogP contribution in [0.2, 0.25) is 10.0 Å². The van der Waals surface area contributed by atoms with E-state index < -0.39 is 0 Å². The van der Waals surface area contributed by atoms with Gasteiger partial charge in [0.05, 0.1) is 0 Å². The lowest BCUT2D eigenvalue weighted by Crippen LogP contribution is -2.14. The number of halogens is 2. The van der Waals surface area contributed by atoms with E-state index in [9.17, 15) is 0 Å². The van der Waals surface area contributed by atoms with Crippen LogP contribution in [0.4, 0.5) is 0 Å². The van der Waals surface area contributed by atoms with Crippen LogP contribution in [-0.2, 0) is 13.2 Å². The van der Waals surface area contributed by atoms with Gasteiger partial charge in [0.15, 0.2) is 0 Å². The van der Waals surface area contributed by atoms with Crippen LogP contribution in [0, 0.1) is 0 Å². The summed E-state index contributed by atoms with van der Waals surface area (Å²) in [5, 5.41) is 4.76. The molecular formula is C21H27Cl2NO. The molecule has 0 fully saturated rings. The van der Waals surface area contributed by atoms with Crippen molar-refractivity contribution in [2.75, 3.05) is 6.54 Å². The van der Waals surface area contributed by atoms with Crippen LogP contribution >= 0.6 is 23.2 Å². The van der Waals surface area contributed by atoms with Crippen molar-refractivity contribution in [1.29, 1.82) is 0 Å². The normalized spacial score (nSPS) is 10.8. The summed E-state index contributed by atoms with van der Waals surface area (Å²) in [6.07, 6.45) is 6.56. The number of benzene rings is 2. The Morgan fingerprint density at radius 3 is 2.24 bits per heavy atom. The molecule has 0 bridgehead atoms. The summed E-state index contributed by atoms with van der Waals surface area (Å²) in [6.45, 7) is 4.58. The highest BCUT2D eigenvalue weighted by molar-refractivity contribution is 6.35. The Morgan fingerprint density at radius 2 is 1.56 bits per heavy atom. The van der Waals surface area contributed by atoms with E-state index in [0.717, 1.165) is 24.4 Å². The second kappa shape index (κ2) is 11.4. The van der Waals surface area contributed by atoms with E-state index in [1.54, 1.807) is 0 Å². The first-order chi connectivity index (χ1) is 12.2. The van der Waals surface area contributed by atoms with Gasteiger partial charge >= 0.3 is 0 Å². The first-order valence-corrected chi connectivity index (χ1v) is 9.81. The Hall–Kier alpha value is -1.22. The zero-order chi connectivity index (χ0) is 17.9. The lowest BCUT2D eigenvalue weighted by Gasteiger charge is -2.10. The van der Waals surface area contributed by atoms with Crippen molar-refractivity contribution in [2.45, 2.75) is 52.2 Å². The van der Waals surface area contributed by atoms with Gasteiger partial charge in [-0.3, -0.25) is 0 Å². The molecule has 136 valence electrons. The van der Waals surface area contributed by atoms with Gasteiger partial charge in [0.1, 0.15) is 12.4 Å². The van der Waals surface area contributed by atoms with Crippen LogP contribution in [0.15, 0.2) is 42.5 Å². The molecule has 0 saturated heterocycles. The molecule has 4 heteroatoms. The van der Waals surface area contributed by atoms with Crippen LogP contribution in [0.1, 0.15) is 50.2 Å². The average Bonchev–Trinajstić information content (AvgIpc) is 2.62. The molecule has 2 aromatic carbocycles. The summed E-state index contributed by atoms with van der Waals surface area (Å²) in [5.74, 6) is 0.819. The fourth-order valence-electron chi connectivity index (χ4n) is 2.62. The molecule has 2 nitrogen and oxygen atoms in total. The number of ether oxygens (including phenoxy) is 1. The molecule has 0 heterocycles. The Bertz CT molecular complexity index is 608. The Balaban J connectivity index is 1.71. The minimum atomic E-state index is 0.369. The number of hydrogen-bond acceptors (Lipinski definition) is 2. The quantitative estimate of drug-likeness (QED) is 0.442. The Kier molecular flexibility index (Phi) is 9.17. The number of rotatable bonds is 11. The summed E-state index contributed by atoms with van der Waals surface area (Å²) < 4.78 is 5.80. The summed E-state index contributed by atoms with van der Waals surface area (Å²) in [4.78, 5) is 0. The zero-order valence-corrected chi connectivity index (χ0v) is 16.4. The predicted molar refractivity (Wildman–Crippen MR) is 108 cm³/mol. The van der Waals surface area contributed by atoms with Gasteiger partial charge in [-0.05, 0) is 42.8 Å². The van der Waals surface area contributed by atoms with Crippen molar-refractivity contribution >= 4 is 23.2 Å². The van der Waals surface area contributed by atoms with E-state index >= 15 is 0 Å². The maximum Gasteiger partial charge on any atom is 0.119 e. The zero-order valence-electron chi connectivity index (χ0n) is 14.9. The van der Waals surface area contributed by atoms with E-state index in [2.05, 4.69) is 24.4 Å². The third-order valence-corrected chi connectivity index (χ3v) is 4.86. The van der Waals surface area contributed by atoms with E-state index in [1.807, 2.05) is 30.3 Å². The van der Waals surface area contributed by atoms with Gasteiger partial charge in [0, 0.05) is 22.2 Å². The van der Waals surface area contributed by atoms with E-state index in [4.69, 9.17) is 27.9 Å². The third-order valence-electron chi connectivity index (χ3n) is 4.15. The van der Waals surface area contributed by atoms with Crippen LogP contribution in [-0.4, -0.2) is 6.54 Å².